The van der Waals surface area contributed by atoms with Gasteiger partial charge >= 0.3 is 0 Å². The van der Waals surface area contributed by atoms with Gasteiger partial charge in [-0.05, 0) is 121 Å². The normalized spacial score (nSPS) is 13.7. The predicted molar refractivity (Wildman–Crippen MR) is 288 cm³/mol. The van der Waals surface area contributed by atoms with Crippen LogP contribution in [0.1, 0.15) is 112 Å². The lowest BCUT2D eigenvalue weighted by atomic mass is 9.77. The Balaban J connectivity index is 1.17. The second-order valence-electron chi connectivity index (χ2n) is 22.5. The number of aromatic nitrogens is 4. The number of fused-ring (bicyclic) bond motifs is 4. The van der Waals surface area contributed by atoms with Gasteiger partial charge in [-0.1, -0.05) is 186 Å². The number of benzene rings is 7. The minimum atomic E-state index is -0.502. The van der Waals surface area contributed by atoms with Crippen molar-refractivity contribution in [1.29, 1.82) is 0 Å². The van der Waals surface area contributed by atoms with E-state index in [0.717, 1.165) is 77.8 Å². The Kier molecular flexibility index (Phi) is 9.65. The first-order valence-electron chi connectivity index (χ1n) is 26.5. The molecule has 5 nitrogen and oxygen atoms in total. The van der Waals surface area contributed by atoms with E-state index in [1.165, 1.54) is 5.56 Å². The molecular weight excluding hydrogens is 841 g/mol. The van der Waals surface area contributed by atoms with Gasteiger partial charge in [0, 0.05) is 23.0 Å². The molecule has 0 atom stereocenters. The van der Waals surface area contributed by atoms with Crippen molar-refractivity contribution in [1.82, 2.24) is 14.1 Å². The summed E-state index contributed by atoms with van der Waals surface area (Å²) in [6.45, 7) is 26.5. The summed E-state index contributed by atoms with van der Waals surface area (Å²) < 4.78 is 57.3. The van der Waals surface area contributed by atoms with Crippen LogP contribution in [0.4, 0.5) is 0 Å². The lowest BCUT2D eigenvalue weighted by molar-refractivity contribution is -0.572. The number of nitrogens with zero attached hydrogens (tertiary/aromatic N) is 4. The highest BCUT2D eigenvalue weighted by Gasteiger charge is 2.29. The molecule has 0 N–H and O–H groups in total. The molecule has 0 aliphatic carbocycles. The Labute approximate surface area is 415 Å². The predicted octanol–water partition coefficient (Wildman–Crippen LogP) is 16.5. The lowest BCUT2D eigenvalue weighted by Crippen LogP contribution is -2.35. The van der Waals surface area contributed by atoms with Crippen LogP contribution in [-0.2, 0) is 21.7 Å². The maximum absolute atomic E-state index is 9.15. The van der Waals surface area contributed by atoms with E-state index in [1.807, 2.05) is 54.7 Å². The molecule has 10 aromatic rings. The minimum absolute atomic E-state index is 0.0507. The summed E-state index contributed by atoms with van der Waals surface area (Å²) in [6, 6.07) is 44.5. The summed E-state index contributed by atoms with van der Waals surface area (Å²) in [6.07, 6.45) is 5.72. The molecule has 3 aromatic heterocycles. The Bertz CT molecular complexity index is 3810. The van der Waals surface area contributed by atoms with Crippen molar-refractivity contribution in [3.63, 3.8) is 0 Å². The van der Waals surface area contributed by atoms with E-state index in [-0.39, 0.29) is 46.0 Å². The summed E-state index contributed by atoms with van der Waals surface area (Å²) in [5.74, 6) is 2.19. The monoisotopic (exact) mass is 910 g/mol. The molecule has 346 valence electrons. The summed E-state index contributed by atoms with van der Waals surface area (Å²) in [5.41, 5.74) is 11.6. The number of hydrogen-bond donors (Lipinski definition) is 0. The number of imidazole rings is 1. The van der Waals surface area contributed by atoms with Gasteiger partial charge in [0.15, 0.2) is 0 Å². The van der Waals surface area contributed by atoms with E-state index in [9.17, 15) is 0 Å². The van der Waals surface area contributed by atoms with Gasteiger partial charge in [-0.15, -0.1) is 0 Å². The highest BCUT2D eigenvalue weighted by molar-refractivity contribution is 6.09. The molecule has 0 amide bonds. The molecule has 0 aliphatic rings. The van der Waals surface area contributed by atoms with Crippen molar-refractivity contribution < 1.29 is 16.2 Å². The van der Waals surface area contributed by atoms with Gasteiger partial charge in [0.05, 0.1) is 40.3 Å². The summed E-state index contributed by atoms with van der Waals surface area (Å²) in [5, 5.41) is 2.25. The molecule has 0 saturated heterocycles. The van der Waals surface area contributed by atoms with Crippen molar-refractivity contribution in [3.8, 4) is 50.9 Å². The largest absolute Gasteiger partial charge is 0.458 e. The summed E-state index contributed by atoms with van der Waals surface area (Å²) in [4.78, 5) is 4.88. The highest BCUT2D eigenvalue weighted by atomic mass is 16.5. The maximum atomic E-state index is 9.15. The molecule has 0 saturated carbocycles. The van der Waals surface area contributed by atoms with Crippen LogP contribution in [0.2, 0.25) is 0 Å². The fourth-order valence-corrected chi connectivity index (χ4v) is 9.36. The summed E-state index contributed by atoms with van der Waals surface area (Å²) >= 11 is 0. The van der Waals surface area contributed by atoms with Gasteiger partial charge in [-0.2, -0.15) is 0 Å². The van der Waals surface area contributed by atoms with E-state index in [2.05, 4.69) is 188 Å². The van der Waals surface area contributed by atoms with Crippen LogP contribution in [-0.4, -0.2) is 14.1 Å². The summed E-state index contributed by atoms with van der Waals surface area (Å²) in [7, 11) is 0. The third-order valence-electron chi connectivity index (χ3n) is 13.3. The Hall–Kier alpha value is -7.24. The molecule has 0 radical (unpaired) electrons. The molecular formula is C64H64N4O. The van der Waals surface area contributed by atoms with E-state index >= 15 is 0 Å². The second kappa shape index (κ2) is 16.8. The van der Waals surface area contributed by atoms with Crippen LogP contribution in [0.3, 0.4) is 0 Å². The van der Waals surface area contributed by atoms with Crippen molar-refractivity contribution >= 4 is 32.8 Å². The molecule has 3 heterocycles. The van der Waals surface area contributed by atoms with Gasteiger partial charge in [-0.3, -0.25) is 13.7 Å². The third-order valence-corrected chi connectivity index (χ3v) is 13.3. The molecule has 10 rings (SSSR count). The van der Waals surface area contributed by atoms with Crippen LogP contribution in [0.5, 0.6) is 11.5 Å². The molecule has 0 spiro atoms. The first-order valence-corrected chi connectivity index (χ1v) is 24.0. The lowest BCUT2D eigenvalue weighted by Gasteiger charge is -2.29. The van der Waals surface area contributed by atoms with Gasteiger partial charge in [0.1, 0.15) is 17.3 Å². The first-order chi connectivity index (χ1) is 34.8. The smallest absolute Gasteiger partial charge is 0.269 e. The van der Waals surface area contributed by atoms with Crippen LogP contribution in [0.25, 0.3) is 72.3 Å². The van der Waals surface area contributed by atoms with Gasteiger partial charge < -0.3 is 4.74 Å². The van der Waals surface area contributed by atoms with Crippen LogP contribution in [0, 0.1) is 6.33 Å². The highest BCUT2D eigenvalue weighted by Crippen LogP contribution is 2.42. The van der Waals surface area contributed by atoms with Gasteiger partial charge in [-0.25, -0.2) is 4.98 Å². The van der Waals surface area contributed by atoms with E-state index in [4.69, 9.17) is 16.6 Å². The van der Waals surface area contributed by atoms with Crippen LogP contribution < -0.4 is 9.30 Å². The molecule has 69 heavy (non-hydrogen) atoms. The zero-order valence-corrected chi connectivity index (χ0v) is 42.0. The fraction of sp³-hybridized carbons (Fsp3) is 0.250. The van der Waals surface area contributed by atoms with E-state index < -0.39 is 11.5 Å². The fourth-order valence-electron chi connectivity index (χ4n) is 9.36. The van der Waals surface area contributed by atoms with Crippen LogP contribution >= 0.6 is 0 Å². The number of rotatable bonds is 7. The first kappa shape index (κ1) is 39.7. The number of pyridine rings is 1. The Morgan fingerprint density at radius 1 is 0.522 bits per heavy atom. The van der Waals surface area contributed by atoms with Crippen molar-refractivity contribution in [3.05, 3.63) is 198 Å². The van der Waals surface area contributed by atoms with E-state index in [1.54, 1.807) is 0 Å². The Morgan fingerprint density at radius 3 is 1.87 bits per heavy atom. The average Bonchev–Trinajstić information content (AvgIpc) is 3.90. The van der Waals surface area contributed by atoms with Gasteiger partial charge in [0.2, 0.25) is 0 Å². The molecule has 0 aliphatic heterocycles. The van der Waals surface area contributed by atoms with E-state index in [0.29, 0.717) is 17.1 Å². The van der Waals surface area contributed by atoms with Crippen molar-refractivity contribution in [2.75, 3.05) is 0 Å². The molecule has 7 aromatic carbocycles. The van der Waals surface area contributed by atoms with Crippen LogP contribution in [0.15, 0.2) is 170 Å². The molecule has 0 bridgehead atoms. The maximum Gasteiger partial charge on any atom is 0.269 e. The molecule has 5 heteroatoms. The number of hydrogen-bond acceptors (Lipinski definition) is 2. The molecule has 0 unspecified atom stereocenters. The third kappa shape index (κ3) is 8.65. The number of para-hydroxylation sites is 3. The standard InChI is InChI=1S/C64H64N4O/c1-61(2,3)45-31-32-65-59(38-45)68-55-26-17-16-25-51(55)52-30-29-50(40-58(52)68)69-49-24-20-23-48(39-49)66-41-67(57-28-19-18-27-56(57)66)60-53(44-33-46(62(4,5)6)37-47(34-44)63(7,8)9)35-43(36-54(60)64(10,11)12)42-21-14-13-15-22-42/h13-40H,1-12H3/i13D,14D,15D,21D,22D. The second-order valence-corrected chi connectivity index (χ2v) is 22.5. The minimum Gasteiger partial charge on any atom is -0.458 e. The molecule has 0 fully saturated rings. The SMILES string of the molecule is [2H]c1c([2H])c([2H])c(-c2cc(-c3cc(C(C)(C)C)cc(C(C)(C)C)c3)c(-[n+]3[c-]n(-c4cccc(Oc5ccc6c7ccccc7n(-c7cc(C(C)(C)C)ccn7)c6c5)c4)c4ccccc43)c(C(C)(C)C)c2)c([2H])c1[2H]. The topological polar surface area (TPSA) is 35.9 Å². The quantitative estimate of drug-likeness (QED) is 0.118. The average molecular weight is 910 g/mol. The Morgan fingerprint density at radius 2 is 1.17 bits per heavy atom. The van der Waals surface area contributed by atoms with Crippen molar-refractivity contribution in [2.24, 2.45) is 0 Å². The number of ether oxygens (including phenoxy) is 1. The zero-order chi connectivity index (χ0) is 53.0. The van der Waals surface area contributed by atoms with Gasteiger partial charge in [0.25, 0.3) is 6.33 Å². The zero-order valence-electron chi connectivity index (χ0n) is 47.0. The van der Waals surface area contributed by atoms with Crippen molar-refractivity contribution in [2.45, 2.75) is 105 Å².